The molecule has 130 valence electrons. The Balaban J connectivity index is 2.08. The van der Waals surface area contributed by atoms with Crippen LogP contribution in [0.15, 0.2) is 48.5 Å². The first-order valence-corrected chi connectivity index (χ1v) is 8.09. The lowest BCUT2D eigenvalue weighted by Crippen LogP contribution is -2.39. The van der Waals surface area contributed by atoms with Crippen LogP contribution in [0.5, 0.6) is 11.5 Å². The highest BCUT2D eigenvalue weighted by atomic mass is 16.9. The van der Waals surface area contributed by atoms with E-state index in [-0.39, 0.29) is 5.60 Å². The molecule has 0 aromatic heterocycles. The average Bonchev–Trinajstić information content (AvgIpc) is 2.46. The second-order valence-electron chi connectivity index (χ2n) is 7.78. The highest BCUT2D eigenvalue weighted by molar-refractivity contribution is 5.64. The molecule has 0 atom stereocenters. The van der Waals surface area contributed by atoms with E-state index in [9.17, 15) is 5.21 Å². The Morgan fingerprint density at radius 1 is 0.708 bits per heavy atom. The molecule has 0 N–H and O–H groups in total. The van der Waals surface area contributed by atoms with Gasteiger partial charge in [-0.25, -0.2) is 5.23 Å². The normalized spacial score (nSPS) is 12.3. The van der Waals surface area contributed by atoms with E-state index in [0.717, 1.165) is 16.9 Å². The molecule has 0 saturated carbocycles. The number of ether oxygens (including phenoxy) is 1. The van der Waals surface area contributed by atoms with E-state index < -0.39 is 5.54 Å². The topological polar surface area (TPSA) is 44.8 Å². The molecule has 0 bridgehead atoms. The monoisotopic (exact) mass is 328 g/mol. The van der Waals surface area contributed by atoms with E-state index in [2.05, 4.69) is 0 Å². The summed E-state index contributed by atoms with van der Waals surface area (Å²) in [7, 11) is 0. The molecule has 0 aliphatic heterocycles. The van der Waals surface area contributed by atoms with Crippen LogP contribution < -0.4 is 9.57 Å². The third-order valence-corrected chi connectivity index (χ3v) is 3.20. The summed E-state index contributed by atoms with van der Waals surface area (Å²) in [5, 5.41) is 12.4. The Bertz CT molecular complexity index is 649. The summed E-state index contributed by atoms with van der Waals surface area (Å²) >= 11 is 0. The van der Waals surface area contributed by atoms with E-state index in [1.165, 1.54) is 0 Å². The fourth-order valence-corrected chi connectivity index (χ4v) is 2.01. The summed E-state index contributed by atoms with van der Waals surface area (Å²) in [5.41, 5.74) is 1.33. The molecule has 0 aliphatic rings. The molecular weight excluding hydrogens is 302 g/mol. The fourth-order valence-electron chi connectivity index (χ4n) is 2.01. The maximum atomic E-state index is 11.8. The van der Waals surface area contributed by atoms with Gasteiger partial charge in [0.25, 0.3) is 0 Å². The Kier molecular flexibility index (Phi) is 5.21. The Labute approximate surface area is 144 Å². The largest absolute Gasteiger partial charge is 0.752 e. The molecule has 2 rings (SSSR count). The van der Waals surface area contributed by atoms with Gasteiger partial charge in [-0.15, -0.1) is 0 Å². The van der Waals surface area contributed by atoms with Crippen molar-refractivity contribution in [3.05, 3.63) is 53.7 Å². The van der Waals surface area contributed by atoms with Gasteiger partial charge in [-0.3, -0.25) is 0 Å². The second kappa shape index (κ2) is 6.83. The van der Waals surface area contributed by atoms with Gasteiger partial charge in [0.2, 0.25) is 0 Å². The van der Waals surface area contributed by atoms with Gasteiger partial charge in [0.15, 0.2) is 0 Å². The maximum absolute atomic E-state index is 11.8. The van der Waals surface area contributed by atoms with E-state index in [1.54, 1.807) is 32.9 Å². The third kappa shape index (κ3) is 5.25. The van der Waals surface area contributed by atoms with Gasteiger partial charge in [0.05, 0.1) is 0 Å². The minimum Gasteiger partial charge on any atom is -0.752 e. The summed E-state index contributed by atoms with van der Waals surface area (Å²) in [4.78, 5) is 5.30. The zero-order chi connectivity index (χ0) is 18.0. The number of rotatable bonds is 4. The van der Waals surface area contributed by atoms with Crippen LogP contribution in [-0.4, -0.2) is 16.4 Å². The minimum absolute atomic E-state index is 0.211. The Morgan fingerprint density at radius 2 is 1.12 bits per heavy atom. The summed E-state index contributed by atoms with van der Waals surface area (Å²) < 4.78 is 5.83. The number of hydrogen-bond acceptors (Lipinski definition) is 4. The van der Waals surface area contributed by atoms with Gasteiger partial charge in [-0.05, 0) is 76.9 Å². The standard InChI is InChI=1S/C20H26NO3/c1-19(2,3)21(22)24-18-13-9-16(10-14-18)15-7-11-17(12-8-15)23-20(4,5)6/h7-14H,1-6H3/q-1. The molecule has 2 aromatic carbocycles. The van der Waals surface area contributed by atoms with Crippen molar-refractivity contribution in [1.82, 2.24) is 5.23 Å². The van der Waals surface area contributed by atoms with Crippen LogP contribution in [-0.2, 0) is 0 Å². The van der Waals surface area contributed by atoms with Gasteiger partial charge < -0.3 is 14.8 Å². The Hall–Kier alpha value is -2.04. The number of benzene rings is 2. The van der Waals surface area contributed by atoms with Crippen molar-refractivity contribution >= 4 is 0 Å². The summed E-state index contributed by atoms with van der Waals surface area (Å²) in [6, 6.07) is 15.4. The molecule has 4 nitrogen and oxygen atoms in total. The first-order chi connectivity index (χ1) is 11.0. The van der Waals surface area contributed by atoms with Gasteiger partial charge in [-0.2, -0.15) is 0 Å². The molecule has 4 heteroatoms. The molecule has 24 heavy (non-hydrogen) atoms. The first kappa shape index (κ1) is 18.3. The quantitative estimate of drug-likeness (QED) is 0.703. The van der Waals surface area contributed by atoms with Crippen LogP contribution in [0.3, 0.4) is 0 Å². The highest BCUT2D eigenvalue weighted by Crippen LogP contribution is 2.27. The molecule has 0 aliphatic carbocycles. The second-order valence-corrected chi connectivity index (χ2v) is 7.78. The van der Waals surface area contributed by atoms with Gasteiger partial charge in [0, 0.05) is 5.54 Å². The summed E-state index contributed by atoms with van der Waals surface area (Å²) in [6.45, 7) is 11.5. The van der Waals surface area contributed by atoms with E-state index in [0.29, 0.717) is 11.0 Å². The lowest BCUT2D eigenvalue weighted by Gasteiger charge is -2.39. The van der Waals surface area contributed by atoms with Crippen LogP contribution in [0.25, 0.3) is 11.1 Å². The fraction of sp³-hybridized carbons (Fsp3) is 0.400. The number of nitrogens with zero attached hydrogens (tertiary/aromatic N) is 1. The predicted molar refractivity (Wildman–Crippen MR) is 97.8 cm³/mol. The van der Waals surface area contributed by atoms with E-state index in [4.69, 9.17) is 9.57 Å². The van der Waals surface area contributed by atoms with Crippen molar-refractivity contribution in [2.45, 2.75) is 52.7 Å². The highest BCUT2D eigenvalue weighted by Gasteiger charge is 2.14. The molecule has 2 aromatic rings. The van der Waals surface area contributed by atoms with Crippen molar-refractivity contribution in [2.75, 3.05) is 0 Å². The molecule has 0 radical (unpaired) electrons. The smallest absolute Gasteiger partial charge is 0.146 e. The molecule has 0 heterocycles. The van der Waals surface area contributed by atoms with Gasteiger partial charge >= 0.3 is 0 Å². The maximum Gasteiger partial charge on any atom is 0.146 e. The van der Waals surface area contributed by atoms with Crippen LogP contribution >= 0.6 is 0 Å². The van der Waals surface area contributed by atoms with Gasteiger partial charge in [-0.1, -0.05) is 24.3 Å². The van der Waals surface area contributed by atoms with Crippen molar-refractivity contribution in [2.24, 2.45) is 0 Å². The van der Waals surface area contributed by atoms with E-state index in [1.807, 2.05) is 57.2 Å². The molecule has 0 saturated heterocycles. The molecular formula is C20H26NO3-. The zero-order valence-electron chi connectivity index (χ0n) is 15.3. The van der Waals surface area contributed by atoms with Crippen molar-refractivity contribution < 1.29 is 9.57 Å². The lowest BCUT2D eigenvalue weighted by molar-refractivity contribution is -0.0791. The van der Waals surface area contributed by atoms with Crippen molar-refractivity contribution in [1.29, 1.82) is 0 Å². The lowest BCUT2D eigenvalue weighted by atomic mass is 10.1. The number of hydroxylamine groups is 2. The predicted octanol–water partition coefficient (Wildman–Crippen LogP) is 5.42. The zero-order valence-corrected chi connectivity index (χ0v) is 15.3. The van der Waals surface area contributed by atoms with Crippen LogP contribution in [0.1, 0.15) is 41.5 Å². The molecule has 0 amide bonds. The molecule has 0 unspecified atom stereocenters. The minimum atomic E-state index is -0.596. The Morgan fingerprint density at radius 3 is 1.50 bits per heavy atom. The van der Waals surface area contributed by atoms with Crippen LogP contribution in [0.2, 0.25) is 0 Å². The molecule has 0 fully saturated rings. The average molecular weight is 328 g/mol. The summed E-state index contributed by atoms with van der Waals surface area (Å²) in [5.74, 6) is 1.37. The van der Waals surface area contributed by atoms with E-state index >= 15 is 0 Å². The first-order valence-electron chi connectivity index (χ1n) is 8.09. The SMILES string of the molecule is CC(C)(C)Oc1ccc(-c2ccc(ON([O-])C(C)(C)C)cc2)cc1. The van der Waals surface area contributed by atoms with Gasteiger partial charge in [0.1, 0.15) is 17.1 Å². The van der Waals surface area contributed by atoms with Crippen molar-refractivity contribution in [3.63, 3.8) is 0 Å². The van der Waals surface area contributed by atoms with Crippen molar-refractivity contribution in [3.8, 4) is 22.6 Å². The summed E-state index contributed by atoms with van der Waals surface area (Å²) in [6.07, 6.45) is 0. The van der Waals surface area contributed by atoms with Crippen LogP contribution in [0.4, 0.5) is 0 Å². The molecule has 0 spiro atoms. The number of hydrogen-bond donors (Lipinski definition) is 0. The van der Waals surface area contributed by atoms with Crippen LogP contribution in [0, 0.1) is 5.21 Å². The third-order valence-electron chi connectivity index (χ3n) is 3.20.